The van der Waals surface area contributed by atoms with Gasteiger partial charge in [-0.2, -0.15) is 0 Å². The predicted octanol–water partition coefficient (Wildman–Crippen LogP) is -4.47. The molecule has 2 aromatic rings. The van der Waals surface area contributed by atoms with Crippen molar-refractivity contribution in [2.45, 2.75) is 63.5 Å². The first kappa shape index (κ1) is 68.1. The lowest BCUT2D eigenvalue weighted by molar-refractivity contribution is -0.143. The van der Waals surface area contributed by atoms with Crippen molar-refractivity contribution in [1.29, 1.82) is 0 Å². The maximum atomic E-state index is 13.3. The Morgan fingerprint density at radius 3 is 1.36 bits per heavy atom. The van der Waals surface area contributed by atoms with Crippen LogP contribution in [0.1, 0.15) is 49.7 Å². The minimum absolute atomic E-state index is 0.00731. The molecule has 1 aliphatic heterocycles. The van der Waals surface area contributed by atoms with E-state index < -0.39 is 142 Å². The zero-order valence-electron chi connectivity index (χ0n) is 45.6. The first-order chi connectivity index (χ1) is 39.8. The molecule has 452 valence electrons. The summed E-state index contributed by atoms with van der Waals surface area (Å²) in [6, 6.07) is 15.0. The standard InChI is InChI=1S/C53H71N11O19/c65-40(54-28-42(67)56-31-45(70)61-38(26-36-10-4-1-5-11-36)52(79)58-30-44(69)60-35-83-34-51(77)78)17-22-81-24-20-63(47(72)14-8-3-9-19-64-48(73)15-16-49(64)74)21-25-82-23-18-41(66)55-29-43(68)57-32-46(71)62-39(53(80)59-33-50(75)76)27-37-12-6-2-7-13-37/h1-2,4-7,10-13,15-16,38-39H,3,8-9,14,17-35H2,(H,54,65)(H,55,66)(H,56,67)(H,57,68)(H,58,79)(H,59,80)(H,60,69)(H,61,70)(H,62,71)(H,75,76)(H,77,78)/t38-,39-/m0/s1. The number of unbranched alkanes of at least 4 members (excludes halogenated alkanes) is 2. The van der Waals surface area contributed by atoms with Crippen LogP contribution < -0.4 is 47.9 Å². The number of aliphatic carboxylic acids is 2. The van der Waals surface area contributed by atoms with Crippen molar-refractivity contribution in [1.82, 2.24) is 57.7 Å². The van der Waals surface area contributed by atoms with Crippen LogP contribution in [0.5, 0.6) is 0 Å². The monoisotopic (exact) mass is 1170 g/mol. The molecular formula is C53H71N11O19. The van der Waals surface area contributed by atoms with E-state index in [0.29, 0.717) is 30.4 Å². The molecule has 0 radical (unpaired) electrons. The number of nitrogens with one attached hydrogen (secondary N) is 9. The van der Waals surface area contributed by atoms with Gasteiger partial charge in [-0.3, -0.25) is 67.2 Å². The van der Waals surface area contributed by atoms with Crippen LogP contribution in [0.4, 0.5) is 0 Å². The summed E-state index contributed by atoms with van der Waals surface area (Å²) in [4.78, 5) is 174. The lowest BCUT2D eigenvalue weighted by Gasteiger charge is -2.23. The van der Waals surface area contributed by atoms with Crippen LogP contribution in [0.2, 0.25) is 0 Å². The first-order valence-electron chi connectivity index (χ1n) is 26.3. The molecule has 1 aliphatic rings. The van der Waals surface area contributed by atoms with Crippen LogP contribution in [-0.4, -0.2) is 214 Å². The molecule has 0 saturated heterocycles. The summed E-state index contributed by atoms with van der Waals surface area (Å²) in [7, 11) is 0. The Bertz CT molecular complexity index is 2550. The number of hydrogen-bond acceptors (Lipinski definition) is 17. The average molecular weight is 1170 g/mol. The van der Waals surface area contributed by atoms with Crippen molar-refractivity contribution < 1.29 is 91.5 Å². The fraction of sp³-hybridized carbons (Fsp3) is 0.472. The molecule has 0 aliphatic carbocycles. The van der Waals surface area contributed by atoms with E-state index in [1.54, 1.807) is 60.7 Å². The molecule has 0 spiro atoms. The number of ether oxygens (including phenoxy) is 3. The summed E-state index contributed by atoms with van der Waals surface area (Å²) in [6.45, 7) is -4.22. The minimum Gasteiger partial charge on any atom is -0.480 e. The van der Waals surface area contributed by atoms with E-state index in [2.05, 4.69) is 47.9 Å². The second-order valence-electron chi connectivity index (χ2n) is 18.1. The molecule has 0 aromatic heterocycles. The van der Waals surface area contributed by atoms with Gasteiger partial charge in [-0.15, -0.1) is 0 Å². The van der Waals surface area contributed by atoms with E-state index in [0.717, 1.165) is 4.90 Å². The molecule has 2 atom stereocenters. The van der Waals surface area contributed by atoms with Gasteiger partial charge < -0.3 is 77.2 Å². The lowest BCUT2D eigenvalue weighted by atomic mass is 10.1. The Labute approximate surface area is 476 Å². The van der Waals surface area contributed by atoms with Gasteiger partial charge in [0, 0.05) is 63.9 Å². The van der Waals surface area contributed by atoms with E-state index in [-0.39, 0.29) is 84.1 Å². The first-order valence-corrected chi connectivity index (χ1v) is 26.3. The van der Waals surface area contributed by atoms with Crippen LogP contribution >= 0.6 is 0 Å². The normalized spacial score (nSPS) is 12.2. The summed E-state index contributed by atoms with van der Waals surface area (Å²) in [5.74, 6) is -9.83. The molecular weight excluding hydrogens is 1090 g/mol. The number of carboxylic acids is 2. The number of nitrogens with zero attached hydrogens (tertiary/aromatic N) is 2. The average Bonchev–Trinajstić information content (AvgIpc) is 3.87. The number of benzene rings is 2. The highest BCUT2D eigenvalue weighted by atomic mass is 16.5. The van der Waals surface area contributed by atoms with Crippen LogP contribution in [0, 0.1) is 0 Å². The number of amides is 12. The van der Waals surface area contributed by atoms with Gasteiger partial charge in [0.15, 0.2) is 0 Å². The van der Waals surface area contributed by atoms with Gasteiger partial charge in [0.1, 0.15) is 32.0 Å². The summed E-state index contributed by atoms with van der Waals surface area (Å²) in [5.41, 5.74) is 1.36. The van der Waals surface area contributed by atoms with Crippen molar-refractivity contribution in [3.05, 3.63) is 83.9 Å². The van der Waals surface area contributed by atoms with Gasteiger partial charge in [-0.05, 0) is 24.0 Å². The van der Waals surface area contributed by atoms with Gasteiger partial charge in [-0.25, -0.2) is 4.79 Å². The molecule has 0 bridgehead atoms. The molecule has 1 heterocycles. The van der Waals surface area contributed by atoms with E-state index >= 15 is 0 Å². The summed E-state index contributed by atoms with van der Waals surface area (Å²) in [6.07, 6.45) is 3.64. The molecule has 12 amide bonds. The summed E-state index contributed by atoms with van der Waals surface area (Å²) >= 11 is 0. The third kappa shape index (κ3) is 30.9. The summed E-state index contributed by atoms with van der Waals surface area (Å²) < 4.78 is 15.9. The molecule has 0 saturated carbocycles. The van der Waals surface area contributed by atoms with Crippen LogP contribution in [0.3, 0.4) is 0 Å². The van der Waals surface area contributed by atoms with E-state index in [9.17, 15) is 67.1 Å². The fourth-order valence-electron chi connectivity index (χ4n) is 7.31. The molecule has 0 unspecified atom stereocenters. The zero-order valence-corrected chi connectivity index (χ0v) is 45.6. The topological polar surface area (TPSA) is 422 Å². The third-order valence-corrected chi connectivity index (χ3v) is 11.6. The number of carbonyl (C=O) groups excluding carboxylic acids is 12. The van der Waals surface area contributed by atoms with E-state index in [1.807, 2.05) is 0 Å². The van der Waals surface area contributed by atoms with E-state index in [4.69, 9.17) is 24.4 Å². The Balaban J connectivity index is 1.38. The smallest absolute Gasteiger partial charge is 0.329 e. The fourth-order valence-corrected chi connectivity index (χ4v) is 7.31. The highest BCUT2D eigenvalue weighted by molar-refractivity contribution is 6.12. The lowest BCUT2D eigenvalue weighted by Crippen LogP contribution is -2.52. The predicted molar refractivity (Wildman–Crippen MR) is 288 cm³/mol. The highest BCUT2D eigenvalue weighted by Crippen LogP contribution is 2.10. The molecule has 30 nitrogen and oxygen atoms in total. The molecule has 2 aromatic carbocycles. The molecule has 3 rings (SSSR count). The molecule has 30 heteroatoms. The summed E-state index contributed by atoms with van der Waals surface area (Å²) in [5, 5.41) is 38.9. The van der Waals surface area contributed by atoms with Gasteiger partial charge in [0.2, 0.25) is 59.1 Å². The van der Waals surface area contributed by atoms with Gasteiger partial charge in [0.25, 0.3) is 11.8 Å². The largest absolute Gasteiger partial charge is 0.480 e. The second kappa shape index (κ2) is 39.3. The van der Waals surface area contributed by atoms with Crippen LogP contribution in [-0.2, 0) is 94.2 Å². The number of carbonyl (C=O) groups is 14. The highest BCUT2D eigenvalue weighted by Gasteiger charge is 2.25. The van der Waals surface area contributed by atoms with Crippen LogP contribution in [0.25, 0.3) is 0 Å². The van der Waals surface area contributed by atoms with Crippen molar-refractivity contribution in [2.75, 3.05) is 98.7 Å². The number of rotatable bonds is 42. The zero-order chi connectivity index (χ0) is 60.8. The Morgan fingerprint density at radius 1 is 0.458 bits per heavy atom. The Kier molecular flexibility index (Phi) is 32.2. The number of imide groups is 1. The number of hydrogen-bond donors (Lipinski definition) is 11. The van der Waals surface area contributed by atoms with Gasteiger partial charge in [-0.1, -0.05) is 67.1 Å². The number of carboxylic acid groups (broad SMARTS) is 2. The third-order valence-electron chi connectivity index (χ3n) is 11.6. The van der Waals surface area contributed by atoms with Gasteiger partial charge in [0.05, 0.1) is 59.2 Å². The van der Waals surface area contributed by atoms with Crippen molar-refractivity contribution in [2.24, 2.45) is 0 Å². The minimum atomic E-state index is -1.28. The molecule has 11 N–H and O–H groups in total. The van der Waals surface area contributed by atoms with E-state index in [1.165, 1.54) is 17.1 Å². The molecule has 83 heavy (non-hydrogen) atoms. The van der Waals surface area contributed by atoms with Crippen molar-refractivity contribution >= 4 is 82.8 Å². The van der Waals surface area contributed by atoms with Crippen molar-refractivity contribution in [3.8, 4) is 0 Å². The Hall–Kier alpha value is -9.16. The SMILES string of the molecule is O=C(O)CNC(=O)[C@H](Cc1ccccc1)NC(=O)CNC(=O)CNC(=O)CCOCCN(CCOCCC(=O)NCC(=O)NCC(=O)N[C@@H](Cc1ccccc1)C(=O)NCC(=O)NCOCC(=O)O)C(=O)CCCCCN1C(=O)C=CC1=O. The molecule has 0 fully saturated rings. The second-order valence-corrected chi connectivity index (χ2v) is 18.1. The van der Waals surface area contributed by atoms with Gasteiger partial charge >= 0.3 is 11.9 Å². The van der Waals surface area contributed by atoms with Crippen LogP contribution in [0.15, 0.2) is 72.8 Å². The quantitative estimate of drug-likeness (QED) is 0.0170. The van der Waals surface area contributed by atoms with Crippen molar-refractivity contribution in [3.63, 3.8) is 0 Å². The Morgan fingerprint density at radius 2 is 0.892 bits per heavy atom. The maximum Gasteiger partial charge on any atom is 0.329 e. The maximum absolute atomic E-state index is 13.3.